The molecular formula is C13H34KNO10S4. The summed E-state index contributed by atoms with van der Waals surface area (Å²) >= 11 is 0. The third-order valence-electron chi connectivity index (χ3n) is 2.44. The minimum absolute atomic E-state index is 0. The van der Waals surface area contributed by atoms with Gasteiger partial charge < -0.3 is 9.66 Å². The molecule has 16 heteroatoms. The van der Waals surface area contributed by atoms with Gasteiger partial charge in [0.05, 0.1) is 33.5 Å². The molecule has 0 aromatic heterocycles. The standard InChI is InChI=1S/C7H17NO5S2.C4H10O5S2.2CH4.K/c1-7(9)6-8-15(12,13)5-3-4-14(2,10)11;1-10(5,6)3-2-4-11(7,8)9;;;/h7-9H,3-6H2,1-2H3;2-4H2,1H3,(H,7,8,9);2*1H4;/q;;;;+1/p-1. The summed E-state index contributed by atoms with van der Waals surface area (Å²) in [6.45, 7) is 1.40. The largest absolute Gasteiger partial charge is 1.00 e. The smallest absolute Gasteiger partial charge is 0.748 e. The predicted molar refractivity (Wildman–Crippen MR) is 110 cm³/mol. The van der Waals surface area contributed by atoms with Gasteiger partial charge in [-0.05, 0) is 19.8 Å². The fourth-order valence-corrected chi connectivity index (χ4v) is 4.69. The van der Waals surface area contributed by atoms with Gasteiger partial charge in [0, 0.05) is 24.8 Å². The van der Waals surface area contributed by atoms with Crippen molar-refractivity contribution in [1.29, 1.82) is 0 Å². The number of nitrogens with one attached hydrogen (secondary N) is 1. The Labute approximate surface area is 219 Å². The molecule has 0 aromatic rings. The summed E-state index contributed by atoms with van der Waals surface area (Å²) in [7, 11) is -14.0. The van der Waals surface area contributed by atoms with Crippen LogP contribution >= 0.6 is 0 Å². The summed E-state index contributed by atoms with van der Waals surface area (Å²) in [5.41, 5.74) is 0. The zero-order valence-electron chi connectivity index (χ0n) is 15.8. The fraction of sp³-hybridized carbons (Fsp3) is 1.00. The van der Waals surface area contributed by atoms with Gasteiger partial charge in [0.2, 0.25) is 10.0 Å². The number of sulfone groups is 2. The summed E-state index contributed by atoms with van der Waals surface area (Å²) in [5.74, 6) is -1.26. The van der Waals surface area contributed by atoms with Crippen LogP contribution in [0.25, 0.3) is 0 Å². The van der Waals surface area contributed by atoms with Crippen LogP contribution in [0.5, 0.6) is 0 Å². The molecule has 1 atom stereocenters. The van der Waals surface area contributed by atoms with Gasteiger partial charge in [-0.25, -0.2) is 38.4 Å². The van der Waals surface area contributed by atoms with Gasteiger partial charge in [0.1, 0.15) is 19.7 Å². The van der Waals surface area contributed by atoms with E-state index < -0.39 is 51.7 Å². The van der Waals surface area contributed by atoms with E-state index in [0.717, 1.165) is 12.5 Å². The first-order valence-electron chi connectivity index (χ1n) is 7.27. The van der Waals surface area contributed by atoms with Crippen molar-refractivity contribution in [2.75, 3.05) is 42.1 Å². The number of hydrogen-bond donors (Lipinski definition) is 2. The fourth-order valence-electron chi connectivity index (χ4n) is 1.33. The van der Waals surface area contributed by atoms with E-state index in [2.05, 4.69) is 4.72 Å². The minimum Gasteiger partial charge on any atom is -0.748 e. The summed E-state index contributed by atoms with van der Waals surface area (Å²) in [5, 5.41) is 8.85. The van der Waals surface area contributed by atoms with Crippen molar-refractivity contribution < 1.29 is 94.7 Å². The molecule has 0 aliphatic rings. The van der Waals surface area contributed by atoms with Crippen LogP contribution in [0.3, 0.4) is 0 Å². The molecule has 0 heterocycles. The predicted octanol–water partition coefficient (Wildman–Crippen LogP) is -4.04. The molecule has 0 amide bonds. The number of aliphatic hydroxyl groups excluding tert-OH is 1. The van der Waals surface area contributed by atoms with Gasteiger partial charge >= 0.3 is 51.4 Å². The first-order valence-corrected chi connectivity index (χ1v) is 14.6. The normalized spacial score (nSPS) is 12.9. The molecule has 0 aromatic carbocycles. The van der Waals surface area contributed by atoms with Crippen molar-refractivity contribution in [3.8, 4) is 0 Å². The number of hydrogen-bond acceptors (Lipinski definition) is 10. The van der Waals surface area contributed by atoms with Crippen LogP contribution in [-0.4, -0.2) is 91.5 Å². The van der Waals surface area contributed by atoms with Gasteiger partial charge in [0.15, 0.2) is 0 Å². The van der Waals surface area contributed by atoms with Gasteiger partial charge in [-0.3, -0.25) is 0 Å². The molecule has 0 saturated carbocycles. The topological polar surface area (TPSA) is 192 Å². The summed E-state index contributed by atoms with van der Waals surface area (Å²) in [6, 6.07) is 0. The Morgan fingerprint density at radius 3 is 1.41 bits per heavy atom. The van der Waals surface area contributed by atoms with E-state index in [-0.39, 0.29) is 103 Å². The van der Waals surface area contributed by atoms with Gasteiger partial charge in [-0.2, -0.15) is 0 Å². The second-order valence-corrected chi connectivity index (χ2v) is 13.7. The SMILES string of the molecule is C.C.CC(O)CNS(=O)(=O)CCCS(C)(=O)=O.CS(=O)(=O)CCCS(=O)(=O)[O-].[K+]. The number of sulfonamides is 1. The van der Waals surface area contributed by atoms with Crippen LogP contribution in [0.2, 0.25) is 0 Å². The van der Waals surface area contributed by atoms with Crippen molar-refractivity contribution >= 4 is 39.8 Å². The molecule has 0 aliphatic carbocycles. The van der Waals surface area contributed by atoms with E-state index in [9.17, 15) is 38.2 Å². The third kappa shape index (κ3) is 40.2. The second-order valence-electron chi connectivity index (χ2n) is 5.75. The molecule has 1 unspecified atom stereocenters. The van der Waals surface area contributed by atoms with Gasteiger partial charge in [-0.1, -0.05) is 14.9 Å². The molecule has 0 rings (SSSR count). The van der Waals surface area contributed by atoms with Crippen molar-refractivity contribution in [2.24, 2.45) is 0 Å². The molecule has 0 bridgehead atoms. The van der Waals surface area contributed by atoms with Crippen LogP contribution in [0.15, 0.2) is 0 Å². The molecule has 0 saturated heterocycles. The molecular weight excluding hydrogens is 498 g/mol. The van der Waals surface area contributed by atoms with Crippen LogP contribution in [0, 0.1) is 0 Å². The Hall–Kier alpha value is 1.32. The molecule has 176 valence electrons. The van der Waals surface area contributed by atoms with Gasteiger partial charge in [-0.15, -0.1) is 0 Å². The van der Waals surface area contributed by atoms with Gasteiger partial charge in [0.25, 0.3) is 0 Å². The van der Waals surface area contributed by atoms with Crippen molar-refractivity contribution in [3.63, 3.8) is 0 Å². The molecule has 29 heavy (non-hydrogen) atoms. The van der Waals surface area contributed by atoms with Crippen LogP contribution < -0.4 is 56.1 Å². The molecule has 0 radical (unpaired) electrons. The zero-order valence-corrected chi connectivity index (χ0v) is 22.2. The number of aliphatic hydroxyl groups is 1. The average molecular weight is 532 g/mol. The Bertz CT molecular complexity index is 787. The molecule has 11 nitrogen and oxygen atoms in total. The van der Waals surface area contributed by atoms with E-state index in [0.29, 0.717) is 0 Å². The van der Waals surface area contributed by atoms with Crippen LogP contribution in [0.1, 0.15) is 34.6 Å². The summed E-state index contributed by atoms with van der Waals surface area (Å²) in [4.78, 5) is 0. The van der Waals surface area contributed by atoms with Crippen molar-refractivity contribution in [2.45, 2.75) is 40.7 Å². The van der Waals surface area contributed by atoms with E-state index >= 15 is 0 Å². The van der Waals surface area contributed by atoms with E-state index in [1.165, 1.54) is 6.92 Å². The maximum atomic E-state index is 11.2. The Morgan fingerprint density at radius 1 is 0.793 bits per heavy atom. The summed E-state index contributed by atoms with van der Waals surface area (Å²) < 4.78 is 96.8. The van der Waals surface area contributed by atoms with E-state index in [1.54, 1.807) is 0 Å². The molecule has 0 fully saturated rings. The maximum Gasteiger partial charge on any atom is 1.00 e. The Balaban J connectivity index is -0.000000124. The zero-order chi connectivity index (χ0) is 21.2. The quantitative estimate of drug-likeness (QED) is 0.196. The first kappa shape index (κ1) is 40.7. The monoisotopic (exact) mass is 531 g/mol. The molecule has 0 aliphatic heterocycles. The van der Waals surface area contributed by atoms with E-state index in [1.807, 2.05) is 0 Å². The minimum atomic E-state index is -4.26. The Morgan fingerprint density at radius 2 is 1.14 bits per heavy atom. The van der Waals surface area contributed by atoms with Crippen molar-refractivity contribution in [3.05, 3.63) is 0 Å². The van der Waals surface area contributed by atoms with E-state index in [4.69, 9.17) is 5.11 Å². The van der Waals surface area contributed by atoms with Crippen LogP contribution in [-0.2, 0) is 39.8 Å². The average Bonchev–Trinajstić information content (AvgIpc) is 2.32. The number of rotatable bonds is 11. The van der Waals surface area contributed by atoms with Crippen LogP contribution in [0.4, 0.5) is 0 Å². The molecule has 2 N–H and O–H groups in total. The summed E-state index contributed by atoms with van der Waals surface area (Å²) in [6.07, 6.45) is 1.24. The maximum absolute atomic E-state index is 11.2. The Kier molecular flexibility index (Phi) is 25.0. The first-order chi connectivity index (χ1) is 11.3. The van der Waals surface area contributed by atoms with Crippen molar-refractivity contribution in [1.82, 2.24) is 4.72 Å². The third-order valence-corrected chi connectivity index (χ3v) is 6.72. The molecule has 0 spiro atoms. The second kappa shape index (κ2) is 17.8.